The number of hydrogen-bond acceptors (Lipinski definition) is 2. The van der Waals surface area contributed by atoms with Gasteiger partial charge >= 0.3 is 0 Å². The molecule has 1 N–H and O–H groups in total. The Labute approximate surface area is 179 Å². The Morgan fingerprint density at radius 2 is 1.61 bits per heavy atom. The van der Waals surface area contributed by atoms with Crippen LogP contribution in [-0.2, 0) is 16.9 Å². The molecule has 4 nitrogen and oxygen atoms in total. The smallest absolute Gasteiger partial charge is 0.255 e. The number of rotatable bonds is 5. The second-order valence-electron chi connectivity index (χ2n) is 8.08. The van der Waals surface area contributed by atoms with E-state index in [1.807, 2.05) is 30.3 Å². The van der Waals surface area contributed by atoms with E-state index < -0.39 is 29.1 Å². The fourth-order valence-corrected chi connectivity index (χ4v) is 4.05. The predicted octanol–water partition coefficient (Wildman–Crippen LogP) is 4.71. The molecule has 2 amide bonds. The van der Waals surface area contributed by atoms with Gasteiger partial charge in [0.2, 0.25) is 5.91 Å². The Bertz CT molecular complexity index is 1130. The first kappa shape index (κ1) is 20.7. The second-order valence-corrected chi connectivity index (χ2v) is 8.08. The molecular formula is C25H22F2N2O2. The van der Waals surface area contributed by atoms with E-state index in [-0.39, 0.29) is 18.0 Å². The minimum absolute atomic E-state index is 0.278. The van der Waals surface area contributed by atoms with Crippen LogP contribution in [0, 0.1) is 11.6 Å². The summed E-state index contributed by atoms with van der Waals surface area (Å²) in [6, 6.07) is 18.0. The van der Waals surface area contributed by atoms with Gasteiger partial charge in [0.15, 0.2) is 0 Å². The standard InChI is InChI=1S/C25H22F2N2O2/c1-25(2,17-8-10-18(26)11-9-17)29-22(21-14-19(27)12-13-20(21)24(29)31)23(30)28-15-16-6-4-3-5-7-16/h3-14,22H,15H2,1-2H3,(H,28,30). The molecule has 3 aromatic carbocycles. The summed E-state index contributed by atoms with van der Waals surface area (Å²) in [5.74, 6) is -1.69. The van der Waals surface area contributed by atoms with Crippen molar-refractivity contribution in [3.05, 3.63) is 107 Å². The molecule has 1 unspecified atom stereocenters. The normalized spacial score (nSPS) is 15.7. The third-order valence-corrected chi connectivity index (χ3v) is 5.73. The van der Waals surface area contributed by atoms with Crippen molar-refractivity contribution in [2.45, 2.75) is 32.0 Å². The van der Waals surface area contributed by atoms with Crippen molar-refractivity contribution in [2.24, 2.45) is 0 Å². The van der Waals surface area contributed by atoms with E-state index in [0.717, 1.165) is 5.56 Å². The lowest BCUT2D eigenvalue weighted by Gasteiger charge is -2.40. The molecule has 1 aliphatic heterocycles. The third kappa shape index (κ3) is 3.81. The van der Waals surface area contributed by atoms with E-state index in [9.17, 15) is 18.4 Å². The molecule has 1 atom stereocenters. The quantitative estimate of drug-likeness (QED) is 0.650. The van der Waals surface area contributed by atoms with E-state index in [4.69, 9.17) is 0 Å². The van der Waals surface area contributed by atoms with Gasteiger partial charge in [0.25, 0.3) is 5.91 Å². The summed E-state index contributed by atoms with van der Waals surface area (Å²) in [4.78, 5) is 28.1. The van der Waals surface area contributed by atoms with Crippen LogP contribution < -0.4 is 5.32 Å². The average Bonchev–Trinajstić information content (AvgIpc) is 3.05. The maximum Gasteiger partial charge on any atom is 0.255 e. The highest BCUT2D eigenvalue weighted by Crippen LogP contribution is 2.43. The zero-order valence-corrected chi connectivity index (χ0v) is 17.2. The Hall–Kier alpha value is -3.54. The van der Waals surface area contributed by atoms with Crippen LogP contribution in [0.1, 0.15) is 46.9 Å². The van der Waals surface area contributed by atoms with Crippen molar-refractivity contribution in [1.29, 1.82) is 0 Å². The average molecular weight is 420 g/mol. The van der Waals surface area contributed by atoms with E-state index in [1.165, 1.54) is 35.2 Å². The Balaban J connectivity index is 1.72. The minimum Gasteiger partial charge on any atom is -0.350 e. The van der Waals surface area contributed by atoms with Gasteiger partial charge in [0.1, 0.15) is 17.7 Å². The van der Waals surface area contributed by atoms with Crippen LogP contribution >= 0.6 is 0 Å². The molecule has 0 bridgehead atoms. The fourth-order valence-electron chi connectivity index (χ4n) is 4.05. The molecule has 31 heavy (non-hydrogen) atoms. The highest BCUT2D eigenvalue weighted by Gasteiger charge is 2.48. The first-order valence-electron chi connectivity index (χ1n) is 10.00. The summed E-state index contributed by atoms with van der Waals surface area (Å²) < 4.78 is 27.5. The molecule has 4 rings (SSSR count). The van der Waals surface area contributed by atoms with Gasteiger partial charge in [0.05, 0.1) is 5.54 Å². The van der Waals surface area contributed by atoms with Crippen molar-refractivity contribution in [1.82, 2.24) is 10.2 Å². The zero-order chi connectivity index (χ0) is 22.2. The maximum absolute atomic E-state index is 14.1. The van der Waals surface area contributed by atoms with Crippen molar-refractivity contribution in [3.63, 3.8) is 0 Å². The molecule has 0 saturated heterocycles. The molecule has 0 fully saturated rings. The molecule has 0 saturated carbocycles. The first-order chi connectivity index (χ1) is 14.8. The van der Waals surface area contributed by atoms with Gasteiger partial charge in [-0.3, -0.25) is 9.59 Å². The van der Waals surface area contributed by atoms with Gasteiger partial charge < -0.3 is 10.2 Å². The van der Waals surface area contributed by atoms with Crippen LogP contribution in [0.4, 0.5) is 8.78 Å². The van der Waals surface area contributed by atoms with E-state index in [1.54, 1.807) is 26.0 Å². The number of halogens is 2. The van der Waals surface area contributed by atoms with Crippen LogP contribution in [0.2, 0.25) is 0 Å². The molecule has 158 valence electrons. The van der Waals surface area contributed by atoms with Crippen LogP contribution in [0.5, 0.6) is 0 Å². The summed E-state index contributed by atoms with van der Waals surface area (Å²) >= 11 is 0. The molecule has 0 aromatic heterocycles. The van der Waals surface area contributed by atoms with Gasteiger partial charge in [-0.25, -0.2) is 8.78 Å². The van der Waals surface area contributed by atoms with Crippen LogP contribution in [-0.4, -0.2) is 16.7 Å². The summed E-state index contributed by atoms with van der Waals surface area (Å²) in [7, 11) is 0. The number of nitrogens with zero attached hydrogens (tertiary/aromatic N) is 1. The van der Waals surface area contributed by atoms with Gasteiger partial charge in [-0.05, 0) is 60.9 Å². The fraction of sp³-hybridized carbons (Fsp3) is 0.200. The van der Waals surface area contributed by atoms with E-state index >= 15 is 0 Å². The number of amides is 2. The predicted molar refractivity (Wildman–Crippen MR) is 113 cm³/mol. The summed E-state index contributed by atoms with van der Waals surface area (Å²) in [6.45, 7) is 3.86. The molecule has 3 aromatic rings. The first-order valence-corrected chi connectivity index (χ1v) is 10.00. The zero-order valence-electron chi connectivity index (χ0n) is 17.2. The number of nitrogens with one attached hydrogen (secondary N) is 1. The lowest BCUT2D eigenvalue weighted by Crippen LogP contribution is -2.48. The molecule has 1 aliphatic rings. The minimum atomic E-state index is -1.01. The Kier molecular flexibility index (Phi) is 5.31. The monoisotopic (exact) mass is 420 g/mol. The van der Waals surface area contributed by atoms with Gasteiger partial charge in [-0.1, -0.05) is 42.5 Å². The van der Waals surface area contributed by atoms with Crippen molar-refractivity contribution in [2.75, 3.05) is 0 Å². The maximum atomic E-state index is 14.1. The molecule has 1 heterocycles. The van der Waals surface area contributed by atoms with Crippen LogP contribution in [0.25, 0.3) is 0 Å². The van der Waals surface area contributed by atoms with Gasteiger partial charge in [-0.2, -0.15) is 0 Å². The van der Waals surface area contributed by atoms with Crippen molar-refractivity contribution in [3.8, 4) is 0 Å². The number of fused-ring (bicyclic) bond motifs is 1. The van der Waals surface area contributed by atoms with Gasteiger partial charge in [-0.15, -0.1) is 0 Å². The summed E-state index contributed by atoms with van der Waals surface area (Å²) in [5, 5.41) is 2.87. The Morgan fingerprint density at radius 3 is 2.29 bits per heavy atom. The molecule has 6 heteroatoms. The SMILES string of the molecule is CC(C)(c1ccc(F)cc1)N1C(=O)c2ccc(F)cc2C1C(=O)NCc1ccccc1. The number of carbonyl (C=O) groups is 2. The molecule has 0 aliphatic carbocycles. The van der Waals surface area contributed by atoms with Gasteiger partial charge in [0, 0.05) is 12.1 Å². The number of carbonyl (C=O) groups excluding carboxylic acids is 2. The lowest BCUT2D eigenvalue weighted by molar-refractivity contribution is -0.127. The number of hydrogen-bond donors (Lipinski definition) is 1. The van der Waals surface area contributed by atoms with E-state index in [2.05, 4.69) is 5.32 Å². The van der Waals surface area contributed by atoms with E-state index in [0.29, 0.717) is 11.1 Å². The lowest BCUT2D eigenvalue weighted by atomic mass is 9.90. The summed E-state index contributed by atoms with van der Waals surface area (Å²) in [5.41, 5.74) is 1.23. The molecule has 0 spiro atoms. The molecule has 0 radical (unpaired) electrons. The summed E-state index contributed by atoms with van der Waals surface area (Å²) in [6.07, 6.45) is 0. The van der Waals surface area contributed by atoms with Crippen molar-refractivity contribution < 1.29 is 18.4 Å². The van der Waals surface area contributed by atoms with Crippen LogP contribution in [0.3, 0.4) is 0 Å². The topological polar surface area (TPSA) is 49.4 Å². The van der Waals surface area contributed by atoms with Crippen LogP contribution in [0.15, 0.2) is 72.8 Å². The third-order valence-electron chi connectivity index (χ3n) is 5.73. The van der Waals surface area contributed by atoms with Crippen molar-refractivity contribution >= 4 is 11.8 Å². The second kappa shape index (κ2) is 7.95. The highest BCUT2D eigenvalue weighted by atomic mass is 19.1. The largest absolute Gasteiger partial charge is 0.350 e. The molecular weight excluding hydrogens is 398 g/mol. The highest BCUT2D eigenvalue weighted by molar-refractivity contribution is 6.05. The Morgan fingerprint density at radius 1 is 0.968 bits per heavy atom. The number of benzene rings is 3.